The third-order valence-electron chi connectivity index (χ3n) is 4.64. The molecule has 0 aliphatic carbocycles. The summed E-state index contributed by atoms with van der Waals surface area (Å²) in [6.07, 6.45) is 2.69. The average Bonchev–Trinajstić information content (AvgIpc) is 3.11. The van der Waals surface area contributed by atoms with Gasteiger partial charge in [0.25, 0.3) is 0 Å². The Morgan fingerprint density at radius 1 is 1.06 bits per heavy atom. The zero-order valence-corrected chi connectivity index (χ0v) is 20.9. The molecule has 7 nitrogen and oxygen atoms in total. The molecule has 1 aromatic carbocycles. The first-order valence-corrected chi connectivity index (χ1v) is 10.2. The van der Waals surface area contributed by atoms with Crippen molar-refractivity contribution in [1.82, 2.24) is 25.4 Å². The molecule has 3 rings (SSSR count). The molecule has 0 atom stereocenters. The number of aryl methyl sites for hydroxylation is 2. The lowest BCUT2D eigenvalue weighted by molar-refractivity contribution is 0.301. The Balaban J connectivity index is 0.00000341. The SMILES string of the molecule is CCCOc1ncccc1CNC(=NC)NCc1ccccc1-n1nc(C)cc1C.I. The first-order valence-electron chi connectivity index (χ1n) is 10.2. The van der Waals surface area contributed by atoms with Crippen molar-refractivity contribution in [1.29, 1.82) is 0 Å². The minimum atomic E-state index is 0. The minimum absolute atomic E-state index is 0. The summed E-state index contributed by atoms with van der Waals surface area (Å²) >= 11 is 0. The van der Waals surface area contributed by atoms with E-state index in [9.17, 15) is 0 Å². The molecule has 0 aliphatic rings. The molecule has 31 heavy (non-hydrogen) atoms. The molecule has 0 saturated heterocycles. The molecule has 0 bridgehead atoms. The van der Waals surface area contributed by atoms with Crippen LogP contribution < -0.4 is 15.4 Å². The number of hydrogen-bond acceptors (Lipinski definition) is 4. The highest BCUT2D eigenvalue weighted by molar-refractivity contribution is 14.0. The maximum atomic E-state index is 5.74. The van der Waals surface area contributed by atoms with Crippen LogP contribution in [0.3, 0.4) is 0 Å². The summed E-state index contributed by atoms with van der Waals surface area (Å²) in [5, 5.41) is 11.4. The molecule has 0 saturated carbocycles. The summed E-state index contributed by atoms with van der Waals surface area (Å²) in [6, 6.07) is 14.3. The van der Waals surface area contributed by atoms with E-state index in [1.165, 1.54) is 0 Å². The number of nitrogens with zero attached hydrogens (tertiary/aromatic N) is 4. The van der Waals surface area contributed by atoms with Crippen LogP contribution in [-0.4, -0.2) is 34.4 Å². The molecule has 2 aromatic heterocycles. The molecule has 3 aromatic rings. The van der Waals surface area contributed by atoms with Crippen molar-refractivity contribution in [2.24, 2.45) is 4.99 Å². The zero-order chi connectivity index (χ0) is 21.3. The van der Waals surface area contributed by atoms with E-state index in [4.69, 9.17) is 4.74 Å². The van der Waals surface area contributed by atoms with Crippen LogP contribution in [0.15, 0.2) is 53.7 Å². The quantitative estimate of drug-likeness (QED) is 0.258. The van der Waals surface area contributed by atoms with Crippen molar-refractivity contribution in [3.05, 3.63) is 71.2 Å². The third kappa shape index (κ3) is 6.68. The Labute approximate surface area is 201 Å². The highest BCUT2D eigenvalue weighted by Gasteiger charge is 2.10. The second-order valence-corrected chi connectivity index (χ2v) is 7.06. The Hall–Kier alpha value is -2.62. The second-order valence-electron chi connectivity index (χ2n) is 7.06. The van der Waals surface area contributed by atoms with Gasteiger partial charge in [0.05, 0.1) is 18.0 Å². The Kier molecular flexibility index (Phi) is 9.77. The van der Waals surface area contributed by atoms with Crippen LogP contribution in [0.5, 0.6) is 5.88 Å². The molecule has 2 N–H and O–H groups in total. The van der Waals surface area contributed by atoms with Gasteiger partial charge in [-0.15, -0.1) is 24.0 Å². The van der Waals surface area contributed by atoms with Gasteiger partial charge in [-0.3, -0.25) is 4.99 Å². The van der Waals surface area contributed by atoms with E-state index in [1.807, 2.05) is 35.9 Å². The number of ether oxygens (including phenoxy) is 1. The smallest absolute Gasteiger partial charge is 0.218 e. The number of nitrogens with one attached hydrogen (secondary N) is 2. The third-order valence-corrected chi connectivity index (χ3v) is 4.64. The number of benzene rings is 1. The monoisotopic (exact) mass is 534 g/mol. The van der Waals surface area contributed by atoms with Crippen molar-refractivity contribution in [3.8, 4) is 11.6 Å². The van der Waals surface area contributed by atoms with Crippen molar-refractivity contribution in [3.63, 3.8) is 0 Å². The van der Waals surface area contributed by atoms with Crippen LogP contribution in [0.25, 0.3) is 5.69 Å². The van der Waals surface area contributed by atoms with E-state index >= 15 is 0 Å². The van der Waals surface area contributed by atoms with Crippen molar-refractivity contribution >= 4 is 29.9 Å². The highest BCUT2D eigenvalue weighted by Crippen LogP contribution is 2.17. The fraction of sp³-hybridized carbons (Fsp3) is 0.348. The van der Waals surface area contributed by atoms with Gasteiger partial charge in [0.15, 0.2) is 5.96 Å². The van der Waals surface area contributed by atoms with Gasteiger partial charge < -0.3 is 15.4 Å². The molecule has 166 valence electrons. The number of guanidine groups is 1. The Morgan fingerprint density at radius 3 is 2.45 bits per heavy atom. The summed E-state index contributed by atoms with van der Waals surface area (Å²) in [6.45, 7) is 8.01. The van der Waals surface area contributed by atoms with E-state index in [-0.39, 0.29) is 24.0 Å². The van der Waals surface area contributed by atoms with Gasteiger partial charge in [0.2, 0.25) is 5.88 Å². The Bertz CT molecular complexity index is 1000. The maximum Gasteiger partial charge on any atom is 0.218 e. The molecule has 0 radical (unpaired) electrons. The van der Waals surface area contributed by atoms with E-state index in [0.29, 0.717) is 31.5 Å². The number of para-hydroxylation sites is 1. The van der Waals surface area contributed by atoms with Crippen LogP contribution >= 0.6 is 24.0 Å². The van der Waals surface area contributed by atoms with Gasteiger partial charge in [-0.05, 0) is 44.0 Å². The number of hydrogen-bond donors (Lipinski definition) is 2. The van der Waals surface area contributed by atoms with Gasteiger partial charge >= 0.3 is 0 Å². The fourth-order valence-electron chi connectivity index (χ4n) is 3.21. The van der Waals surface area contributed by atoms with Crippen molar-refractivity contribution < 1.29 is 4.74 Å². The first-order chi connectivity index (χ1) is 14.6. The molecule has 0 unspecified atom stereocenters. The van der Waals surface area contributed by atoms with Crippen LogP contribution in [0, 0.1) is 13.8 Å². The predicted molar refractivity (Wildman–Crippen MR) is 136 cm³/mol. The standard InChI is InChI=1S/C23H30N6O.HI/c1-5-13-30-22-20(10-8-12-25-22)16-27-23(24-4)26-15-19-9-6-7-11-21(19)29-18(3)14-17(2)28-29;/h6-12,14H,5,13,15-16H2,1-4H3,(H2,24,26,27);1H. The predicted octanol–water partition coefficient (Wildman–Crippen LogP) is 4.16. The number of halogens is 1. The highest BCUT2D eigenvalue weighted by atomic mass is 127. The molecule has 8 heteroatoms. The number of pyridine rings is 1. The van der Waals surface area contributed by atoms with Gasteiger partial charge in [-0.1, -0.05) is 31.2 Å². The normalized spacial score (nSPS) is 11.0. The number of rotatable bonds is 8. The molecule has 0 fully saturated rings. The first kappa shape index (κ1) is 24.6. The van der Waals surface area contributed by atoms with Gasteiger partial charge in [0, 0.05) is 37.6 Å². The molecule has 2 heterocycles. The molecule has 0 aliphatic heterocycles. The topological polar surface area (TPSA) is 76.4 Å². The lowest BCUT2D eigenvalue weighted by Crippen LogP contribution is -2.36. The Morgan fingerprint density at radius 2 is 1.77 bits per heavy atom. The van der Waals surface area contributed by atoms with Gasteiger partial charge in [-0.25, -0.2) is 9.67 Å². The van der Waals surface area contributed by atoms with Crippen LogP contribution in [0.2, 0.25) is 0 Å². The zero-order valence-electron chi connectivity index (χ0n) is 18.6. The van der Waals surface area contributed by atoms with Crippen LogP contribution in [0.1, 0.15) is 35.9 Å². The van der Waals surface area contributed by atoms with E-state index in [0.717, 1.165) is 34.6 Å². The minimum Gasteiger partial charge on any atom is -0.477 e. The van der Waals surface area contributed by atoms with Crippen molar-refractivity contribution in [2.75, 3.05) is 13.7 Å². The second kappa shape index (κ2) is 12.3. The van der Waals surface area contributed by atoms with Crippen LogP contribution in [0.4, 0.5) is 0 Å². The summed E-state index contributed by atoms with van der Waals surface area (Å²) in [5.74, 6) is 1.38. The molecule has 0 spiro atoms. The fourth-order valence-corrected chi connectivity index (χ4v) is 3.21. The van der Waals surface area contributed by atoms with E-state index in [1.54, 1.807) is 13.2 Å². The number of aromatic nitrogens is 3. The lowest BCUT2D eigenvalue weighted by atomic mass is 10.1. The summed E-state index contributed by atoms with van der Waals surface area (Å²) in [4.78, 5) is 8.68. The molecular formula is C23H31IN6O. The number of aliphatic imine (C=N–C) groups is 1. The molecular weight excluding hydrogens is 503 g/mol. The summed E-state index contributed by atoms with van der Waals surface area (Å²) < 4.78 is 7.72. The van der Waals surface area contributed by atoms with E-state index in [2.05, 4.69) is 57.8 Å². The van der Waals surface area contributed by atoms with Gasteiger partial charge in [-0.2, -0.15) is 5.10 Å². The average molecular weight is 534 g/mol. The lowest BCUT2D eigenvalue weighted by Gasteiger charge is -2.16. The summed E-state index contributed by atoms with van der Waals surface area (Å²) in [7, 11) is 1.76. The van der Waals surface area contributed by atoms with Crippen molar-refractivity contribution in [2.45, 2.75) is 40.3 Å². The molecule has 0 amide bonds. The largest absolute Gasteiger partial charge is 0.477 e. The van der Waals surface area contributed by atoms with E-state index < -0.39 is 0 Å². The maximum absolute atomic E-state index is 5.74. The van der Waals surface area contributed by atoms with Gasteiger partial charge in [0.1, 0.15) is 0 Å². The van der Waals surface area contributed by atoms with Crippen LogP contribution in [-0.2, 0) is 13.1 Å². The summed E-state index contributed by atoms with van der Waals surface area (Å²) in [5.41, 5.74) is 5.31.